The highest BCUT2D eigenvalue weighted by Gasteiger charge is 2.33. The molecule has 0 aliphatic rings. The zero-order valence-electron chi connectivity index (χ0n) is 22.7. The SMILES string of the molecule is Cc1ccc(CC(C)(C)NC[C@@H](O)CO[C@H](C)c2ccccc2-c2ccc(C(=O)O)c(OC(F)(F)F)c2)cc1F. The van der Waals surface area contributed by atoms with Crippen molar-refractivity contribution in [1.29, 1.82) is 0 Å². The van der Waals surface area contributed by atoms with E-state index in [9.17, 15) is 32.6 Å². The molecule has 3 N–H and O–H groups in total. The van der Waals surface area contributed by atoms with Crippen LogP contribution in [-0.4, -0.2) is 47.3 Å². The van der Waals surface area contributed by atoms with Gasteiger partial charge in [-0.25, -0.2) is 9.18 Å². The maximum Gasteiger partial charge on any atom is 0.573 e. The Morgan fingerprint density at radius 3 is 2.40 bits per heavy atom. The standard InChI is InChI=1S/C30H33F4NO5/c1-18-9-10-20(13-26(18)31)15-29(3,4)35-16-22(36)17-39-19(2)23-7-5-6-8-24(23)21-11-12-25(28(37)38)27(14-21)40-30(32,33)34/h5-14,19,22,35-36H,15-17H2,1-4H3,(H,37,38)/t19-,22-/m1/s1. The van der Waals surface area contributed by atoms with Crippen LogP contribution in [0.1, 0.15) is 53.9 Å². The van der Waals surface area contributed by atoms with E-state index in [1.54, 1.807) is 44.2 Å². The molecule has 40 heavy (non-hydrogen) atoms. The Morgan fingerprint density at radius 2 is 1.75 bits per heavy atom. The summed E-state index contributed by atoms with van der Waals surface area (Å²) in [7, 11) is 0. The molecule has 0 aliphatic heterocycles. The van der Waals surface area contributed by atoms with Gasteiger partial charge in [0.25, 0.3) is 0 Å². The number of benzene rings is 3. The van der Waals surface area contributed by atoms with Crippen LogP contribution in [0, 0.1) is 12.7 Å². The molecule has 0 amide bonds. The lowest BCUT2D eigenvalue weighted by Crippen LogP contribution is -2.46. The number of aliphatic hydroxyl groups excluding tert-OH is 1. The highest BCUT2D eigenvalue weighted by molar-refractivity contribution is 5.92. The minimum atomic E-state index is -5.06. The Balaban J connectivity index is 1.66. The highest BCUT2D eigenvalue weighted by Crippen LogP contribution is 2.35. The number of carbonyl (C=O) groups is 1. The number of aromatic carboxylic acids is 1. The number of β-amino-alcohol motifs (C(OH)–C–C–N with tert-alkyl or cyclic N) is 1. The molecule has 3 aromatic rings. The molecule has 0 aromatic heterocycles. The lowest BCUT2D eigenvalue weighted by molar-refractivity contribution is -0.274. The molecule has 0 radical (unpaired) electrons. The third-order valence-electron chi connectivity index (χ3n) is 6.38. The molecule has 0 heterocycles. The van der Waals surface area contributed by atoms with Gasteiger partial charge in [0.2, 0.25) is 0 Å². The van der Waals surface area contributed by atoms with Crippen LogP contribution >= 0.6 is 0 Å². The number of halogens is 4. The van der Waals surface area contributed by atoms with E-state index >= 15 is 0 Å². The van der Waals surface area contributed by atoms with Crippen LogP contribution in [0.2, 0.25) is 0 Å². The zero-order chi connectivity index (χ0) is 29.7. The molecular formula is C30H33F4NO5. The number of alkyl halides is 3. The minimum Gasteiger partial charge on any atom is -0.478 e. The van der Waals surface area contributed by atoms with Crippen molar-refractivity contribution in [3.63, 3.8) is 0 Å². The molecule has 0 spiro atoms. The van der Waals surface area contributed by atoms with Gasteiger partial charge in [0.05, 0.1) is 18.8 Å². The second-order valence-electron chi connectivity index (χ2n) is 10.3. The first-order valence-corrected chi connectivity index (χ1v) is 12.7. The van der Waals surface area contributed by atoms with E-state index in [0.717, 1.165) is 17.7 Å². The molecule has 10 heteroatoms. The molecule has 3 rings (SSSR count). The molecule has 216 valence electrons. The second kappa shape index (κ2) is 12.8. The molecule has 0 saturated heterocycles. The first-order chi connectivity index (χ1) is 18.6. The first-order valence-electron chi connectivity index (χ1n) is 12.7. The van der Waals surface area contributed by atoms with Crippen LogP contribution < -0.4 is 10.1 Å². The van der Waals surface area contributed by atoms with Crippen molar-refractivity contribution in [2.45, 2.75) is 58.2 Å². The van der Waals surface area contributed by atoms with Gasteiger partial charge in [-0.05, 0) is 80.1 Å². The summed E-state index contributed by atoms with van der Waals surface area (Å²) in [6.07, 6.45) is -5.94. The summed E-state index contributed by atoms with van der Waals surface area (Å²) in [6.45, 7) is 7.52. The van der Waals surface area contributed by atoms with Gasteiger partial charge in [-0.3, -0.25) is 0 Å². The third-order valence-corrected chi connectivity index (χ3v) is 6.38. The smallest absolute Gasteiger partial charge is 0.478 e. The number of aryl methyl sites for hydroxylation is 1. The van der Waals surface area contributed by atoms with Gasteiger partial charge in [0, 0.05) is 12.1 Å². The fourth-order valence-corrected chi connectivity index (χ4v) is 4.31. The second-order valence-corrected chi connectivity index (χ2v) is 10.3. The monoisotopic (exact) mass is 563 g/mol. The number of aliphatic hydroxyl groups is 1. The van der Waals surface area contributed by atoms with Gasteiger partial charge >= 0.3 is 12.3 Å². The molecule has 2 atom stereocenters. The fourth-order valence-electron chi connectivity index (χ4n) is 4.31. The van der Waals surface area contributed by atoms with E-state index in [1.165, 1.54) is 12.1 Å². The molecule has 3 aromatic carbocycles. The number of rotatable bonds is 12. The molecule has 0 saturated carbocycles. The van der Waals surface area contributed by atoms with E-state index in [-0.39, 0.29) is 19.0 Å². The van der Waals surface area contributed by atoms with Crippen LogP contribution in [0.3, 0.4) is 0 Å². The van der Waals surface area contributed by atoms with Crippen LogP contribution in [0.5, 0.6) is 5.75 Å². The summed E-state index contributed by atoms with van der Waals surface area (Å²) in [6, 6.07) is 15.5. The van der Waals surface area contributed by atoms with Gasteiger partial charge < -0.3 is 25.0 Å². The number of hydrogen-bond acceptors (Lipinski definition) is 5. The Morgan fingerprint density at radius 1 is 1.05 bits per heavy atom. The van der Waals surface area contributed by atoms with Crippen LogP contribution in [0.4, 0.5) is 17.6 Å². The van der Waals surface area contributed by atoms with Gasteiger partial charge in [-0.15, -0.1) is 13.2 Å². The van der Waals surface area contributed by atoms with Crippen molar-refractivity contribution in [1.82, 2.24) is 5.32 Å². The lowest BCUT2D eigenvalue weighted by atomic mass is 9.94. The topological polar surface area (TPSA) is 88.0 Å². The van der Waals surface area contributed by atoms with Crippen molar-refractivity contribution in [2.24, 2.45) is 0 Å². The average Bonchev–Trinajstić information content (AvgIpc) is 2.87. The van der Waals surface area contributed by atoms with Crippen molar-refractivity contribution >= 4 is 5.97 Å². The van der Waals surface area contributed by atoms with Crippen molar-refractivity contribution in [2.75, 3.05) is 13.2 Å². The van der Waals surface area contributed by atoms with E-state index in [0.29, 0.717) is 28.7 Å². The normalized spacial score (nSPS) is 13.6. The predicted octanol–water partition coefficient (Wildman–Crippen LogP) is 6.45. The van der Waals surface area contributed by atoms with Crippen molar-refractivity contribution in [3.05, 3.63) is 88.7 Å². The summed E-state index contributed by atoms with van der Waals surface area (Å²) in [5.41, 5.74) is 1.82. The Hall–Kier alpha value is -3.47. The Labute approximate surface area is 230 Å². The Kier molecular flexibility index (Phi) is 9.94. The summed E-state index contributed by atoms with van der Waals surface area (Å²) in [5, 5.41) is 23.1. The predicted molar refractivity (Wildman–Crippen MR) is 143 cm³/mol. The highest BCUT2D eigenvalue weighted by atomic mass is 19.4. The average molecular weight is 564 g/mol. The van der Waals surface area contributed by atoms with Gasteiger partial charge in [0.15, 0.2) is 0 Å². The molecule has 6 nitrogen and oxygen atoms in total. The molecule has 0 unspecified atom stereocenters. The van der Waals surface area contributed by atoms with Gasteiger partial charge in [-0.1, -0.05) is 42.5 Å². The summed E-state index contributed by atoms with van der Waals surface area (Å²) >= 11 is 0. The molecular weight excluding hydrogens is 530 g/mol. The minimum absolute atomic E-state index is 0.0296. The number of hydrogen-bond donors (Lipinski definition) is 3. The number of nitrogens with one attached hydrogen (secondary N) is 1. The zero-order valence-corrected chi connectivity index (χ0v) is 22.7. The molecule has 0 bridgehead atoms. The quantitative estimate of drug-likeness (QED) is 0.220. The third kappa shape index (κ3) is 8.77. The van der Waals surface area contributed by atoms with E-state index in [4.69, 9.17) is 4.74 Å². The number of carboxylic acid groups (broad SMARTS) is 1. The van der Waals surface area contributed by atoms with Gasteiger partial charge in [0.1, 0.15) is 17.1 Å². The van der Waals surface area contributed by atoms with E-state index < -0.39 is 41.4 Å². The van der Waals surface area contributed by atoms with Gasteiger partial charge in [-0.2, -0.15) is 0 Å². The molecule has 0 aliphatic carbocycles. The molecule has 0 fully saturated rings. The largest absolute Gasteiger partial charge is 0.573 e. The summed E-state index contributed by atoms with van der Waals surface area (Å²) in [4.78, 5) is 11.4. The maximum atomic E-state index is 13.9. The van der Waals surface area contributed by atoms with E-state index in [2.05, 4.69) is 10.1 Å². The van der Waals surface area contributed by atoms with E-state index in [1.807, 2.05) is 19.9 Å². The summed E-state index contributed by atoms with van der Waals surface area (Å²) < 4.78 is 62.5. The van der Waals surface area contributed by atoms with Crippen LogP contribution in [-0.2, 0) is 11.2 Å². The summed E-state index contributed by atoms with van der Waals surface area (Å²) in [5.74, 6) is -2.64. The van der Waals surface area contributed by atoms with Crippen LogP contribution in [0.25, 0.3) is 11.1 Å². The Bertz CT molecular complexity index is 1330. The number of carboxylic acids is 1. The van der Waals surface area contributed by atoms with Crippen molar-refractivity contribution < 1.29 is 42.0 Å². The lowest BCUT2D eigenvalue weighted by Gasteiger charge is -2.28. The van der Waals surface area contributed by atoms with Crippen molar-refractivity contribution in [3.8, 4) is 16.9 Å². The number of ether oxygens (including phenoxy) is 2. The maximum absolute atomic E-state index is 13.9. The first kappa shape index (κ1) is 31.1. The van der Waals surface area contributed by atoms with Crippen LogP contribution in [0.15, 0.2) is 60.7 Å². The fraction of sp³-hybridized carbons (Fsp3) is 0.367.